The fourth-order valence-corrected chi connectivity index (χ4v) is 2.53. The maximum atomic E-state index is 10.4. The second-order valence-electron chi connectivity index (χ2n) is 4.84. The molecule has 1 atom stereocenters. The number of aliphatic hydroxyl groups is 1. The summed E-state index contributed by atoms with van der Waals surface area (Å²) >= 11 is 6.21. The summed E-state index contributed by atoms with van der Waals surface area (Å²) in [6.07, 6.45) is -0.0779. The molecule has 1 aromatic heterocycles. The molecule has 0 amide bonds. The van der Waals surface area contributed by atoms with Crippen molar-refractivity contribution in [3.63, 3.8) is 0 Å². The van der Waals surface area contributed by atoms with Gasteiger partial charge in [0.2, 0.25) is 0 Å². The summed E-state index contributed by atoms with van der Waals surface area (Å²) in [4.78, 5) is 0. The topological polar surface area (TPSA) is 38.0 Å². The number of hydrogen-bond acceptors (Lipinski definition) is 2. The average molecular weight is 279 g/mol. The van der Waals surface area contributed by atoms with E-state index in [9.17, 15) is 5.11 Å². The molecule has 1 aromatic carbocycles. The molecule has 0 aliphatic rings. The van der Waals surface area contributed by atoms with Gasteiger partial charge in [-0.3, -0.25) is 4.68 Å². The van der Waals surface area contributed by atoms with Crippen LogP contribution in [0.4, 0.5) is 0 Å². The highest BCUT2D eigenvalue weighted by Gasteiger charge is 2.16. The van der Waals surface area contributed by atoms with Gasteiger partial charge in [-0.25, -0.2) is 0 Å². The molecule has 0 fully saturated rings. The van der Waals surface area contributed by atoms with Crippen LogP contribution < -0.4 is 0 Å². The first-order valence-corrected chi connectivity index (χ1v) is 6.86. The molecule has 0 bridgehead atoms. The molecule has 0 radical (unpaired) electrons. The molecule has 102 valence electrons. The zero-order valence-corrected chi connectivity index (χ0v) is 12.3. The zero-order valence-electron chi connectivity index (χ0n) is 11.5. The molecule has 0 aliphatic heterocycles. The Kier molecular flexibility index (Phi) is 4.27. The summed E-state index contributed by atoms with van der Waals surface area (Å²) in [5, 5.41) is 15.4. The average Bonchev–Trinajstić information content (AvgIpc) is 2.74. The van der Waals surface area contributed by atoms with E-state index in [0.29, 0.717) is 11.4 Å². The number of aliphatic hydroxyl groups excluding tert-OH is 1. The van der Waals surface area contributed by atoms with Crippen molar-refractivity contribution in [2.45, 2.75) is 39.8 Å². The van der Waals surface area contributed by atoms with E-state index in [0.717, 1.165) is 29.1 Å². The molecule has 0 saturated carbocycles. The van der Waals surface area contributed by atoms with Gasteiger partial charge < -0.3 is 5.11 Å². The van der Waals surface area contributed by atoms with Crippen molar-refractivity contribution in [2.75, 3.05) is 0 Å². The van der Waals surface area contributed by atoms with Crippen molar-refractivity contribution in [2.24, 2.45) is 0 Å². The first-order chi connectivity index (χ1) is 9.01. The van der Waals surface area contributed by atoms with E-state index in [1.807, 2.05) is 49.7 Å². The summed E-state index contributed by atoms with van der Waals surface area (Å²) < 4.78 is 1.84. The predicted molar refractivity (Wildman–Crippen MR) is 77.5 cm³/mol. The minimum atomic E-state index is -0.582. The number of benzene rings is 1. The molecule has 19 heavy (non-hydrogen) atoms. The molecule has 4 heteroatoms. The van der Waals surface area contributed by atoms with Crippen molar-refractivity contribution in [3.05, 3.63) is 51.8 Å². The third-order valence-corrected chi connectivity index (χ3v) is 3.55. The summed E-state index contributed by atoms with van der Waals surface area (Å²) in [5.74, 6) is 0. The first kappa shape index (κ1) is 14.1. The van der Waals surface area contributed by atoms with Crippen LogP contribution in [0.1, 0.15) is 35.5 Å². The summed E-state index contributed by atoms with van der Waals surface area (Å²) in [6, 6.07) is 7.83. The van der Waals surface area contributed by atoms with E-state index in [1.54, 1.807) is 0 Å². The first-order valence-electron chi connectivity index (χ1n) is 6.48. The number of nitrogens with zero attached hydrogens (tertiary/aromatic N) is 2. The van der Waals surface area contributed by atoms with E-state index >= 15 is 0 Å². The smallest absolute Gasteiger partial charge is 0.0997 e. The van der Waals surface area contributed by atoms with E-state index < -0.39 is 6.10 Å². The lowest BCUT2D eigenvalue weighted by atomic mass is 10.0. The largest absolute Gasteiger partial charge is 0.386 e. The number of halogens is 1. The van der Waals surface area contributed by atoms with E-state index in [2.05, 4.69) is 5.10 Å². The van der Waals surface area contributed by atoms with Crippen LogP contribution >= 0.6 is 11.6 Å². The lowest BCUT2D eigenvalue weighted by molar-refractivity contribution is 0.167. The van der Waals surface area contributed by atoms with Crippen molar-refractivity contribution in [3.8, 4) is 0 Å². The second kappa shape index (κ2) is 5.76. The van der Waals surface area contributed by atoms with Crippen molar-refractivity contribution in [1.29, 1.82) is 0 Å². The third kappa shape index (κ3) is 3.17. The van der Waals surface area contributed by atoms with Gasteiger partial charge in [-0.1, -0.05) is 23.7 Å². The SMILES string of the molecule is CCn1nc(C)cc1C(O)Cc1ccc(C)cc1Cl. The van der Waals surface area contributed by atoms with Crippen LogP contribution in [-0.2, 0) is 13.0 Å². The molecule has 0 spiro atoms. The molecule has 1 N–H and O–H groups in total. The third-order valence-electron chi connectivity index (χ3n) is 3.20. The molecular weight excluding hydrogens is 260 g/mol. The van der Waals surface area contributed by atoms with Gasteiger partial charge >= 0.3 is 0 Å². The van der Waals surface area contributed by atoms with Crippen LogP contribution in [0.5, 0.6) is 0 Å². The molecule has 2 aromatic rings. The van der Waals surface area contributed by atoms with Crippen LogP contribution in [0, 0.1) is 13.8 Å². The maximum Gasteiger partial charge on any atom is 0.0997 e. The Balaban J connectivity index is 2.22. The number of hydrogen-bond donors (Lipinski definition) is 1. The summed E-state index contributed by atoms with van der Waals surface area (Å²) in [6.45, 7) is 6.70. The van der Waals surface area contributed by atoms with E-state index in [1.165, 1.54) is 0 Å². The fraction of sp³-hybridized carbons (Fsp3) is 0.400. The highest BCUT2D eigenvalue weighted by atomic mass is 35.5. The summed E-state index contributed by atoms with van der Waals surface area (Å²) in [5.41, 5.74) is 3.85. The highest BCUT2D eigenvalue weighted by Crippen LogP contribution is 2.25. The highest BCUT2D eigenvalue weighted by molar-refractivity contribution is 6.31. The second-order valence-corrected chi connectivity index (χ2v) is 5.25. The Bertz CT molecular complexity index is 578. The molecule has 1 unspecified atom stereocenters. The predicted octanol–water partition coefficient (Wildman–Crippen LogP) is 3.45. The van der Waals surface area contributed by atoms with Gasteiger partial charge in [0.1, 0.15) is 0 Å². The normalized spacial score (nSPS) is 12.7. The Morgan fingerprint density at radius 3 is 2.68 bits per heavy atom. The molecule has 1 heterocycles. The van der Waals surface area contributed by atoms with Crippen molar-refractivity contribution < 1.29 is 5.11 Å². The lowest BCUT2D eigenvalue weighted by Gasteiger charge is -2.13. The molecular formula is C15H19ClN2O. The Hall–Kier alpha value is -1.32. The molecule has 2 rings (SSSR count). The van der Waals surface area contributed by atoms with Crippen LogP contribution in [-0.4, -0.2) is 14.9 Å². The minimum absolute atomic E-state index is 0.504. The zero-order chi connectivity index (χ0) is 14.0. The van der Waals surface area contributed by atoms with Crippen LogP contribution in [0.15, 0.2) is 24.3 Å². The van der Waals surface area contributed by atoms with Gasteiger partial charge in [-0.2, -0.15) is 5.10 Å². The number of rotatable bonds is 4. The van der Waals surface area contributed by atoms with Crippen molar-refractivity contribution >= 4 is 11.6 Å². The monoisotopic (exact) mass is 278 g/mol. The number of aryl methyl sites for hydroxylation is 3. The Morgan fingerprint density at radius 1 is 1.32 bits per heavy atom. The van der Waals surface area contributed by atoms with Gasteiger partial charge in [-0.15, -0.1) is 0 Å². The Labute approximate surface area is 118 Å². The van der Waals surface area contributed by atoms with Gasteiger partial charge in [0.15, 0.2) is 0 Å². The van der Waals surface area contributed by atoms with Gasteiger partial charge in [0.05, 0.1) is 17.5 Å². The molecule has 0 aliphatic carbocycles. The number of aromatic nitrogens is 2. The fourth-order valence-electron chi connectivity index (χ4n) is 2.22. The van der Waals surface area contributed by atoms with Crippen LogP contribution in [0.2, 0.25) is 5.02 Å². The standard InChI is InChI=1S/C15H19ClN2O/c1-4-18-14(8-11(3)17-18)15(19)9-12-6-5-10(2)7-13(12)16/h5-8,15,19H,4,9H2,1-3H3. The Morgan fingerprint density at radius 2 is 2.05 bits per heavy atom. The van der Waals surface area contributed by atoms with Crippen molar-refractivity contribution in [1.82, 2.24) is 9.78 Å². The molecule has 3 nitrogen and oxygen atoms in total. The van der Waals surface area contributed by atoms with Crippen LogP contribution in [0.25, 0.3) is 0 Å². The maximum absolute atomic E-state index is 10.4. The molecule has 0 saturated heterocycles. The van der Waals surface area contributed by atoms with Crippen LogP contribution in [0.3, 0.4) is 0 Å². The lowest BCUT2D eigenvalue weighted by Crippen LogP contribution is -2.10. The van der Waals surface area contributed by atoms with Gasteiger partial charge in [0, 0.05) is 18.0 Å². The summed E-state index contributed by atoms with van der Waals surface area (Å²) in [7, 11) is 0. The minimum Gasteiger partial charge on any atom is -0.386 e. The quantitative estimate of drug-likeness (QED) is 0.930. The van der Waals surface area contributed by atoms with E-state index in [-0.39, 0.29) is 0 Å². The van der Waals surface area contributed by atoms with E-state index in [4.69, 9.17) is 11.6 Å². The van der Waals surface area contributed by atoms with Gasteiger partial charge in [-0.05, 0) is 44.0 Å². The van der Waals surface area contributed by atoms with Gasteiger partial charge in [0.25, 0.3) is 0 Å².